The summed E-state index contributed by atoms with van der Waals surface area (Å²) in [6.07, 6.45) is 0. The number of azo groups is 1. The Bertz CT molecular complexity index is 1690. The van der Waals surface area contributed by atoms with Gasteiger partial charge in [-0.1, -0.05) is 53.5 Å². The number of benzene rings is 4. The molecule has 0 aromatic heterocycles. The first-order chi connectivity index (χ1) is 17.5. The number of carbonyl (C=O) groups is 1. The van der Waals surface area contributed by atoms with Gasteiger partial charge in [0.15, 0.2) is 5.75 Å². The highest BCUT2D eigenvalue weighted by Gasteiger charge is 2.22. The Morgan fingerprint density at radius 2 is 1.76 bits per heavy atom. The van der Waals surface area contributed by atoms with Crippen molar-refractivity contribution in [1.29, 1.82) is 0 Å². The number of hydrogen-bond acceptors (Lipinski definition) is 7. The first-order valence-corrected chi connectivity index (χ1v) is 12.8. The molecular formula is C25H19Cl2N3O6S. The number of phenols is 1. The van der Waals surface area contributed by atoms with E-state index in [9.17, 15) is 22.9 Å². The second-order valence-electron chi connectivity index (χ2n) is 7.90. The molecule has 0 bridgehead atoms. The highest BCUT2D eigenvalue weighted by atomic mass is 35.5. The van der Waals surface area contributed by atoms with Gasteiger partial charge in [-0.25, -0.2) is 0 Å². The van der Waals surface area contributed by atoms with Crippen molar-refractivity contribution in [3.05, 3.63) is 81.8 Å². The van der Waals surface area contributed by atoms with E-state index in [2.05, 4.69) is 15.5 Å². The van der Waals surface area contributed by atoms with E-state index in [-0.39, 0.29) is 27.5 Å². The summed E-state index contributed by atoms with van der Waals surface area (Å²) in [5.41, 5.74) is 0.353. The molecule has 37 heavy (non-hydrogen) atoms. The molecule has 0 saturated heterocycles. The van der Waals surface area contributed by atoms with Gasteiger partial charge in [0.1, 0.15) is 22.0 Å². The lowest BCUT2D eigenvalue weighted by Crippen LogP contribution is -2.12. The van der Waals surface area contributed by atoms with Crippen LogP contribution in [0.1, 0.15) is 15.9 Å². The monoisotopic (exact) mass is 559 g/mol. The Labute approximate surface area is 222 Å². The van der Waals surface area contributed by atoms with Crippen molar-refractivity contribution in [3.63, 3.8) is 0 Å². The molecule has 4 aromatic carbocycles. The van der Waals surface area contributed by atoms with E-state index in [1.54, 1.807) is 36.4 Å². The number of aryl methyl sites for hydroxylation is 1. The van der Waals surface area contributed by atoms with Crippen LogP contribution in [0.3, 0.4) is 0 Å². The summed E-state index contributed by atoms with van der Waals surface area (Å²) >= 11 is 12.3. The number of aromatic hydroxyl groups is 1. The van der Waals surface area contributed by atoms with Crippen molar-refractivity contribution in [1.82, 2.24) is 0 Å². The van der Waals surface area contributed by atoms with Gasteiger partial charge >= 0.3 is 0 Å². The summed E-state index contributed by atoms with van der Waals surface area (Å²) in [5.74, 6) is -0.683. The lowest BCUT2D eigenvalue weighted by Gasteiger charge is -2.12. The second-order valence-corrected chi connectivity index (χ2v) is 10.1. The predicted molar refractivity (Wildman–Crippen MR) is 142 cm³/mol. The molecule has 4 aromatic rings. The van der Waals surface area contributed by atoms with Crippen LogP contribution < -0.4 is 10.1 Å². The van der Waals surface area contributed by atoms with Crippen molar-refractivity contribution < 1.29 is 27.6 Å². The van der Waals surface area contributed by atoms with Crippen molar-refractivity contribution in [2.24, 2.45) is 10.2 Å². The van der Waals surface area contributed by atoms with Crippen molar-refractivity contribution >= 4 is 67.1 Å². The van der Waals surface area contributed by atoms with E-state index in [4.69, 9.17) is 27.9 Å². The Morgan fingerprint density at radius 3 is 2.46 bits per heavy atom. The first-order valence-electron chi connectivity index (χ1n) is 10.6. The Kier molecular flexibility index (Phi) is 7.37. The molecule has 0 saturated carbocycles. The van der Waals surface area contributed by atoms with Crippen molar-refractivity contribution in [3.8, 4) is 11.5 Å². The van der Waals surface area contributed by atoms with E-state index in [1.165, 1.54) is 38.3 Å². The minimum absolute atomic E-state index is 0.0445. The molecule has 3 N–H and O–H groups in total. The number of phenolic OH excluding ortho intramolecular Hbond substituents is 1. The average Bonchev–Trinajstić information content (AvgIpc) is 2.83. The largest absolute Gasteiger partial charge is 0.505 e. The summed E-state index contributed by atoms with van der Waals surface area (Å²) in [7, 11) is -3.16. The summed E-state index contributed by atoms with van der Waals surface area (Å²) in [6, 6.07) is 15.8. The number of methoxy groups -OCH3 is 1. The van der Waals surface area contributed by atoms with Crippen LogP contribution in [-0.4, -0.2) is 31.1 Å². The molecule has 0 unspecified atom stereocenters. The van der Waals surface area contributed by atoms with Crippen LogP contribution >= 0.6 is 23.2 Å². The third-order valence-corrected chi connectivity index (χ3v) is 7.15. The lowest BCUT2D eigenvalue weighted by molar-refractivity contribution is 0.102. The smallest absolute Gasteiger partial charge is 0.296 e. The fourth-order valence-corrected chi connectivity index (χ4v) is 5.26. The number of rotatable bonds is 6. The molecule has 0 aliphatic carbocycles. The minimum Gasteiger partial charge on any atom is -0.505 e. The number of fused-ring (bicyclic) bond motifs is 1. The molecule has 0 radical (unpaired) electrons. The van der Waals surface area contributed by atoms with E-state index >= 15 is 0 Å². The summed E-state index contributed by atoms with van der Waals surface area (Å²) in [5, 5.41) is 22.9. The summed E-state index contributed by atoms with van der Waals surface area (Å²) < 4.78 is 38.2. The molecular weight excluding hydrogens is 541 g/mol. The number of halogens is 2. The summed E-state index contributed by atoms with van der Waals surface area (Å²) in [6.45, 7) is 1.47. The normalized spacial score (nSPS) is 11.7. The van der Waals surface area contributed by atoms with Gasteiger partial charge in [-0.3, -0.25) is 9.35 Å². The molecule has 0 spiro atoms. The third-order valence-electron chi connectivity index (χ3n) is 5.39. The van der Waals surface area contributed by atoms with Crippen LogP contribution in [0, 0.1) is 6.92 Å². The molecule has 4 rings (SSSR count). The number of amides is 1. The van der Waals surface area contributed by atoms with Crippen LogP contribution in [0.25, 0.3) is 10.8 Å². The highest BCUT2D eigenvalue weighted by molar-refractivity contribution is 7.86. The number of anilines is 1. The van der Waals surface area contributed by atoms with Gasteiger partial charge in [0, 0.05) is 22.2 Å². The van der Waals surface area contributed by atoms with Crippen LogP contribution in [0.4, 0.5) is 17.1 Å². The van der Waals surface area contributed by atoms with Crippen LogP contribution in [-0.2, 0) is 10.1 Å². The topological polar surface area (TPSA) is 138 Å². The van der Waals surface area contributed by atoms with Crippen molar-refractivity contribution in [2.75, 3.05) is 12.4 Å². The Hall–Kier alpha value is -3.70. The molecule has 0 atom stereocenters. The van der Waals surface area contributed by atoms with Gasteiger partial charge in [-0.15, -0.1) is 10.2 Å². The fraction of sp³-hybridized carbons (Fsp3) is 0.0800. The van der Waals surface area contributed by atoms with Crippen LogP contribution in [0.5, 0.6) is 11.5 Å². The molecule has 12 heteroatoms. The quantitative estimate of drug-likeness (QED) is 0.170. The maximum atomic E-state index is 13.1. The molecule has 0 heterocycles. The molecule has 190 valence electrons. The average molecular weight is 560 g/mol. The van der Waals surface area contributed by atoms with Gasteiger partial charge in [0.2, 0.25) is 0 Å². The predicted octanol–water partition coefficient (Wildman–Crippen LogP) is 7.08. The molecule has 1 amide bonds. The zero-order valence-electron chi connectivity index (χ0n) is 19.4. The van der Waals surface area contributed by atoms with Crippen LogP contribution in [0.15, 0.2) is 75.8 Å². The maximum Gasteiger partial charge on any atom is 0.296 e. The van der Waals surface area contributed by atoms with Gasteiger partial charge in [-0.05, 0) is 42.1 Å². The standard InChI is InChI=1S/C25H19Cl2N3O6S/c1-13-7-8-20(21(27)24(13)37(33,34)35)29-30-22-18-6-4-3-5-14(18)9-19(23(22)31)25(32)28-16-10-15(26)11-17(12-16)36-2/h3-12,31H,1-2H3,(H,28,32)(H,33,34,35). The second kappa shape index (κ2) is 10.3. The van der Waals surface area contributed by atoms with Crippen LogP contribution in [0.2, 0.25) is 10.0 Å². The third kappa shape index (κ3) is 5.52. The zero-order valence-corrected chi connectivity index (χ0v) is 21.7. The highest BCUT2D eigenvalue weighted by Crippen LogP contribution is 2.41. The molecule has 0 fully saturated rings. The number of nitrogens with zero attached hydrogens (tertiary/aromatic N) is 2. The Balaban J connectivity index is 1.81. The summed E-state index contributed by atoms with van der Waals surface area (Å²) in [4.78, 5) is 12.6. The van der Waals surface area contributed by atoms with E-state index in [1.807, 2.05) is 0 Å². The zero-order chi connectivity index (χ0) is 26.9. The number of nitrogens with one attached hydrogen (secondary N) is 1. The molecule has 9 nitrogen and oxygen atoms in total. The molecule has 0 aliphatic rings. The number of carbonyl (C=O) groups excluding carboxylic acids is 1. The Morgan fingerprint density at radius 1 is 1.03 bits per heavy atom. The fourth-order valence-electron chi connectivity index (χ4n) is 3.68. The van der Waals surface area contributed by atoms with Gasteiger partial charge in [0.05, 0.1) is 17.7 Å². The van der Waals surface area contributed by atoms with Crippen molar-refractivity contribution in [2.45, 2.75) is 11.8 Å². The maximum absolute atomic E-state index is 13.1. The lowest BCUT2D eigenvalue weighted by atomic mass is 10.0. The minimum atomic E-state index is -4.62. The SMILES string of the molecule is COc1cc(Cl)cc(NC(=O)c2cc3ccccc3c(N=Nc3ccc(C)c(S(=O)(=O)O)c3Cl)c2O)c1. The number of ether oxygens (including phenoxy) is 1. The number of hydrogen-bond donors (Lipinski definition) is 3. The van der Waals surface area contributed by atoms with E-state index in [0.717, 1.165) is 0 Å². The van der Waals surface area contributed by atoms with Gasteiger partial charge in [-0.2, -0.15) is 8.42 Å². The first kappa shape index (κ1) is 26.4. The van der Waals surface area contributed by atoms with Gasteiger partial charge < -0.3 is 15.2 Å². The molecule has 0 aliphatic heterocycles. The van der Waals surface area contributed by atoms with Gasteiger partial charge in [0.25, 0.3) is 16.0 Å². The van der Waals surface area contributed by atoms with E-state index in [0.29, 0.717) is 27.2 Å². The van der Waals surface area contributed by atoms with E-state index < -0.39 is 26.7 Å².